The molecule has 0 unspecified atom stereocenters. The minimum atomic E-state index is -3.11. The highest BCUT2D eigenvalue weighted by molar-refractivity contribution is 6.38. The van der Waals surface area contributed by atoms with E-state index in [9.17, 15) is 32.8 Å². The monoisotopic (exact) mass is 516 g/mol. The number of likely N-dealkylation sites (N-methyl/N-ethyl adjacent to an activating group) is 1. The number of ketones is 1. The van der Waals surface area contributed by atoms with Gasteiger partial charge in [-0.3, -0.25) is 19.2 Å². The number of carbonyl (C=O) groups is 5. The third-order valence-corrected chi connectivity index (χ3v) is 7.28. The minimum Gasteiger partial charge on any atom is -0.453 e. The molecule has 1 saturated carbocycles. The Bertz CT molecular complexity index is 911. The molecule has 1 heterocycles. The van der Waals surface area contributed by atoms with E-state index in [1.165, 1.54) is 19.1 Å². The lowest BCUT2D eigenvalue weighted by Crippen LogP contribution is -2.60. The van der Waals surface area contributed by atoms with Gasteiger partial charge in [0.15, 0.2) is 0 Å². The summed E-state index contributed by atoms with van der Waals surface area (Å²) < 4.78 is 31.7. The van der Waals surface area contributed by atoms with Crippen LogP contribution in [0.3, 0.4) is 0 Å². The summed E-state index contributed by atoms with van der Waals surface area (Å²) in [6.45, 7) is 10.1. The van der Waals surface area contributed by atoms with Crippen molar-refractivity contribution in [2.75, 3.05) is 20.7 Å². The molecule has 0 aromatic carbocycles. The van der Waals surface area contributed by atoms with Crippen LogP contribution in [0.1, 0.15) is 54.4 Å². The SMILES string of the molecule is CNC(=O)C(=O)[C@H](CCC(C)(F)F)NC(=O)[C@@H]1[C@@H]2[C@H](CN1C(=O)[C@@H](NC(=O)OC)C(C)(C)C)C2(C)C. The highest BCUT2D eigenvalue weighted by atomic mass is 19.3. The van der Waals surface area contributed by atoms with Crippen LogP contribution in [0.2, 0.25) is 0 Å². The van der Waals surface area contributed by atoms with Gasteiger partial charge in [-0.2, -0.15) is 0 Å². The van der Waals surface area contributed by atoms with E-state index < -0.39 is 71.9 Å². The molecule has 2 fully saturated rings. The van der Waals surface area contributed by atoms with Crippen LogP contribution in [0.15, 0.2) is 0 Å². The summed E-state index contributed by atoms with van der Waals surface area (Å²) in [5, 5.41) is 7.16. The lowest BCUT2D eigenvalue weighted by Gasteiger charge is -2.37. The van der Waals surface area contributed by atoms with Crippen molar-refractivity contribution in [2.24, 2.45) is 22.7 Å². The molecule has 3 N–H and O–H groups in total. The predicted octanol–water partition coefficient (Wildman–Crippen LogP) is 1.48. The Morgan fingerprint density at radius 2 is 1.67 bits per heavy atom. The number of rotatable bonds is 9. The number of alkyl halides is 2. The largest absolute Gasteiger partial charge is 0.453 e. The first-order valence-corrected chi connectivity index (χ1v) is 12.0. The second-order valence-electron chi connectivity index (χ2n) is 11.4. The van der Waals surface area contributed by atoms with Gasteiger partial charge in [-0.1, -0.05) is 34.6 Å². The van der Waals surface area contributed by atoms with E-state index in [0.717, 1.165) is 0 Å². The Kier molecular flexibility index (Phi) is 8.42. The number of alkyl carbamates (subject to hydrolysis) is 1. The summed E-state index contributed by atoms with van der Waals surface area (Å²) in [6.07, 6.45) is -1.97. The summed E-state index contributed by atoms with van der Waals surface area (Å²) in [5.74, 6) is -6.59. The lowest BCUT2D eigenvalue weighted by atomic mass is 9.85. The fraction of sp³-hybridized carbons (Fsp3) is 0.792. The van der Waals surface area contributed by atoms with Gasteiger partial charge in [0.25, 0.3) is 5.91 Å². The van der Waals surface area contributed by atoms with Crippen molar-refractivity contribution in [3.63, 3.8) is 0 Å². The first kappa shape index (κ1) is 29.4. The van der Waals surface area contributed by atoms with Crippen molar-refractivity contribution < 1.29 is 37.5 Å². The summed E-state index contributed by atoms with van der Waals surface area (Å²) in [4.78, 5) is 64.9. The van der Waals surface area contributed by atoms with Gasteiger partial charge in [0.2, 0.25) is 23.5 Å². The highest BCUT2D eigenvalue weighted by Crippen LogP contribution is 2.65. The second-order valence-corrected chi connectivity index (χ2v) is 11.4. The number of amides is 4. The van der Waals surface area contributed by atoms with E-state index in [-0.39, 0.29) is 23.8 Å². The van der Waals surface area contributed by atoms with Crippen LogP contribution in [0.5, 0.6) is 0 Å². The first-order valence-electron chi connectivity index (χ1n) is 12.0. The van der Waals surface area contributed by atoms with Gasteiger partial charge in [0.05, 0.1) is 13.2 Å². The molecule has 1 aliphatic heterocycles. The quantitative estimate of drug-likeness (QED) is 0.398. The molecule has 0 aromatic heterocycles. The Hall–Kier alpha value is -2.79. The number of nitrogens with one attached hydrogen (secondary N) is 3. The molecule has 4 amide bonds. The molecule has 0 bridgehead atoms. The standard InChI is InChI=1S/C24H38F2N4O6/c1-22(2,3)17(29-21(35)36-8)20(34)30-11-12-14(23(12,4)5)15(30)18(32)28-13(9-10-24(6,25)26)16(31)19(33)27-7/h12-15,17H,9-11H2,1-8H3,(H,27,33)(H,28,32)(H,29,35)/t12-,13-,14-,15-,17+/m0/s1. The number of hydrogen-bond donors (Lipinski definition) is 3. The average molecular weight is 517 g/mol. The fourth-order valence-electron chi connectivity index (χ4n) is 5.01. The van der Waals surface area contributed by atoms with Crippen molar-refractivity contribution >= 4 is 29.6 Å². The molecule has 204 valence electrons. The van der Waals surface area contributed by atoms with Crippen molar-refractivity contribution in [3.05, 3.63) is 0 Å². The molecule has 0 radical (unpaired) electrons. The molecule has 10 nitrogen and oxygen atoms in total. The van der Waals surface area contributed by atoms with Crippen LogP contribution in [0.4, 0.5) is 13.6 Å². The number of fused-ring (bicyclic) bond motifs is 1. The molecule has 36 heavy (non-hydrogen) atoms. The molecule has 12 heteroatoms. The van der Waals surface area contributed by atoms with E-state index in [1.807, 2.05) is 13.8 Å². The van der Waals surface area contributed by atoms with Gasteiger partial charge >= 0.3 is 6.09 Å². The first-order chi connectivity index (χ1) is 16.4. The molecule has 5 atom stereocenters. The maximum absolute atomic E-state index is 13.6. The zero-order valence-corrected chi connectivity index (χ0v) is 22.2. The van der Waals surface area contributed by atoms with Crippen LogP contribution in [-0.4, -0.2) is 79.2 Å². The van der Waals surface area contributed by atoms with E-state index in [1.54, 1.807) is 20.8 Å². The number of ether oxygens (including phenoxy) is 1. The number of methoxy groups -OCH3 is 1. The van der Waals surface area contributed by atoms with Crippen molar-refractivity contribution in [1.29, 1.82) is 0 Å². The van der Waals surface area contributed by atoms with Gasteiger partial charge in [0.1, 0.15) is 12.1 Å². The number of likely N-dealkylation sites (tertiary alicyclic amines) is 1. The second kappa shape index (κ2) is 10.3. The zero-order chi connectivity index (χ0) is 27.8. The Morgan fingerprint density at radius 1 is 1.08 bits per heavy atom. The van der Waals surface area contributed by atoms with Crippen molar-refractivity contribution in [1.82, 2.24) is 20.9 Å². The van der Waals surface area contributed by atoms with Gasteiger partial charge < -0.3 is 25.6 Å². The topological polar surface area (TPSA) is 134 Å². The van der Waals surface area contributed by atoms with Crippen LogP contribution in [0.25, 0.3) is 0 Å². The van der Waals surface area contributed by atoms with Crippen LogP contribution in [0, 0.1) is 22.7 Å². The highest BCUT2D eigenvalue weighted by Gasteiger charge is 2.69. The van der Waals surface area contributed by atoms with Crippen LogP contribution < -0.4 is 16.0 Å². The average Bonchev–Trinajstić information content (AvgIpc) is 3.11. The summed E-state index contributed by atoms with van der Waals surface area (Å²) in [7, 11) is 2.40. The molecule has 0 aromatic rings. The number of piperidine rings is 1. The molecule has 1 saturated heterocycles. The van der Waals surface area contributed by atoms with Gasteiger partial charge in [-0.15, -0.1) is 0 Å². The third-order valence-electron chi connectivity index (χ3n) is 7.28. The smallest absolute Gasteiger partial charge is 0.407 e. The minimum absolute atomic E-state index is 0.00371. The third kappa shape index (κ3) is 6.31. The molecule has 2 rings (SSSR count). The summed E-state index contributed by atoms with van der Waals surface area (Å²) in [5.41, 5.74) is -0.985. The Balaban J connectivity index is 2.34. The summed E-state index contributed by atoms with van der Waals surface area (Å²) in [6, 6.07) is -3.49. The number of carbonyl (C=O) groups excluding carboxylic acids is 5. The molecular weight excluding hydrogens is 478 g/mol. The molecule has 2 aliphatic rings. The van der Waals surface area contributed by atoms with E-state index >= 15 is 0 Å². The Labute approximate surface area is 210 Å². The molecule has 0 spiro atoms. The van der Waals surface area contributed by atoms with Crippen LogP contribution in [-0.2, 0) is 23.9 Å². The maximum atomic E-state index is 13.6. The van der Waals surface area contributed by atoms with Gasteiger partial charge in [-0.05, 0) is 36.0 Å². The van der Waals surface area contributed by atoms with Gasteiger partial charge in [0, 0.05) is 20.0 Å². The fourth-order valence-corrected chi connectivity index (χ4v) is 5.01. The zero-order valence-electron chi connectivity index (χ0n) is 22.2. The maximum Gasteiger partial charge on any atom is 0.407 e. The number of hydrogen-bond acceptors (Lipinski definition) is 6. The predicted molar refractivity (Wildman–Crippen MR) is 126 cm³/mol. The van der Waals surface area contributed by atoms with E-state index in [0.29, 0.717) is 6.92 Å². The lowest BCUT2D eigenvalue weighted by molar-refractivity contribution is -0.145. The number of halogens is 2. The number of Topliss-reactive ketones (excluding diaryl/α,β-unsaturated/α-hetero) is 1. The van der Waals surface area contributed by atoms with E-state index in [4.69, 9.17) is 0 Å². The summed E-state index contributed by atoms with van der Waals surface area (Å²) >= 11 is 0. The molecular formula is C24H38F2N4O6. The Morgan fingerprint density at radius 3 is 2.14 bits per heavy atom. The van der Waals surface area contributed by atoms with E-state index in [2.05, 4.69) is 20.7 Å². The normalized spacial score (nSPS) is 24.2. The van der Waals surface area contributed by atoms with Gasteiger partial charge in [-0.25, -0.2) is 13.6 Å². The van der Waals surface area contributed by atoms with Crippen LogP contribution >= 0.6 is 0 Å². The van der Waals surface area contributed by atoms with Crippen molar-refractivity contribution in [3.8, 4) is 0 Å². The number of nitrogens with zero attached hydrogens (tertiary/aromatic N) is 1. The molecule has 1 aliphatic carbocycles. The van der Waals surface area contributed by atoms with Crippen molar-refractivity contribution in [2.45, 2.75) is 78.4 Å².